The molecule has 0 spiro atoms. The molecule has 2 aromatic heterocycles. The number of imidazole rings is 1. The number of sulfone groups is 1. The van der Waals surface area contributed by atoms with Crippen LogP contribution >= 0.6 is 11.6 Å². The van der Waals surface area contributed by atoms with Crippen molar-refractivity contribution in [2.45, 2.75) is 41.9 Å². The smallest absolute Gasteiger partial charge is 0.244 e. The third-order valence-corrected chi connectivity index (χ3v) is 9.65. The molecule has 174 valence electrons. The summed E-state index contributed by atoms with van der Waals surface area (Å²) in [5.41, 5.74) is 1.90. The molecule has 3 heterocycles. The second-order valence-corrected chi connectivity index (χ2v) is 11.6. The summed E-state index contributed by atoms with van der Waals surface area (Å²) in [6.07, 6.45) is 6.24. The van der Waals surface area contributed by atoms with E-state index in [4.69, 9.17) is 11.6 Å². The molecule has 3 aromatic rings. The van der Waals surface area contributed by atoms with Gasteiger partial charge in [-0.1, -0.05) is 30.5 Å². The number of halogens is 1. The maximum atomic E-state index is 13.7. The number of carbonyl (C=O) groups excluding carboxylic acids is 1. The van der Waals surface area contributed by atoms with E-state index in [9.17, 15) is 13.2 Å². The van der Waals surface area contributed by atoms with E-state index in [0.29, 0.717) is 50.6 Å². The minimum atomic E-state index is -3.82. The average Bonchev–Trinajstić information content (AvgIpc) is 3.47. The number of hydrogen-bond donors (Lipinski definition) is 0. The third-order valence-electron chi connectivity index (χ3n) is 6.90. The van der Waals surface area contributed by atoms with Crippen molar-refractivity contribution >= 4 is 33.0 Å². The van der Waals surface area contributed by atoms with Crippen molar-refractivity contribution in [3.05, 3.63) is 65.6 Å². The van der Waals surface area contributed by atoms with E-state index in [1.54, 1.807) is 17.0 Å². The number of piperazine rings is 1. The molecule has 1 saturated carbocycles. The Bertz CT molecular complexity index is 1230. The molecule has 0 bridgehead atoms. The zero-order chi connectivity index (χ0) is 23.1. The van der Waals surface area contributed by atoms with E-state index >= 15 is 0 Å². The summed E-state index contributed by atoms with van der Waals surface area (Å²) < 4.78 is 27.9. The van der Waals surface area contributed by atoms with Crippen molar-refractivity contribution in [3.63, 3.8) is 0 Å². The van der Waals surface area contributed by atoms with Crippen LogP contribution in [0.25, 0.3) is 5.65 Å². The minimum Gasteiger partial charge on any atom is -0.339 e. The van der Waals surface area contributed by atoms with E-state index in [0.717, 1.165) is 24.2 Å². The normalized spacial score (nSPS) is 19.2. The molecule has 0 N–H and O–H groups in total. The Morgan fingerprint density at radius 2 is 1.70 bits per heavy atom. The Morgan fingerprint density at radius 1 is 1.00 bits per heavy atom. The summed E-state index contributed by atoms with van der Waals surface area (Å²) in [4.78, 5) is 22.5. The summed E-state index contributed by atoms with van der Waals surface area (Å²) in [5.74, 6) is -0.248. The van der Waals surface area contributed by atoms with Crippen LogP contribution in [0.2, 0.25) is 5.02 Å². The monoisotopic (exact) mass is 486 g/mol. The standard InChI is InChI=1S/C24H27ClN4O3S/c25-19-6-8-21(9-7-19)33(31,32)24(10-2-3-11-24)23(30)28-15-13-27(14-16-28)17-20-18-29-12-4-1-5-22(29)26-20/h1,4-9,12,18H,2-3,10-11,13-17H2. The number of nitrogens with zero attached hydrogens (tertiary/aromatic N) is 4. The van der Waals surface area contributed by atoms with Crippen LogP contribution in [0.15, 0.2) is 59.8 Å². The largest absolute Gasteiger partial charge is 0.339 e. The summed E-state index contributed by atoms with van der Waals surface area (Å²) >= 11 is 5.95. The molecule has 2 fully saturated rings. The maximum Gasteiger partial charge on any atom is 0.244 e. The number of amides is 1. The van der Waals surface area contributed by atoms with Gasteiger partial charge in [-0.15, -0.1) is 0 Å². The predicted octanol–water partition coefficient (Wildman–Crippen LogP) is 3.42. The molecule has 9 heteroatoms. The van der Waals surface area contributed by atoms with Crippen LogP contribution in [0.5, 0.6) is 0 Å². The topological polar surface area (TPSA) is 75.0 Å². The minimum absolute atomic E-state index is 0.174. The summed E-state index contributed by atoms with van der Waals surface area (Å²) in [6.45, 7) is 3.12. The van der Waals surface area contributed by atoms with Crippen LogP contribution in [-0.2, 0) is 21.2 Å². The van der Waals surface area contributed by atoms with Gasteiger partial charge in [0.05, 0.1) is 10.6 Å². The molecular weight excluding hydrogens is 460 g/mol. The second kappa shape index (κ2) is 8.74. The molecule has 1 amide bonds. The first-order chi connectivity index (χ1) is 15.9. The van der Waals surface area contributed by atoms with Gasteiger partial charge in [-0.3, -0.25) is 9.69 Å². The van der Waals surface area contributed by atoms with Gasteiger partial charge in [0.15, 0.2) is 14.6 Å². The Labute approximate surface area is 198 Å². The Morgan fingerprint density at radius 3 is 2.36 bits per heavy atom. The van der Waals surface area contributed by atoms with Gasteiger partial charge in [-0.2, -0.15) is 0 Å². The van der Waals surface area contributed by atoms with Gasteiger partial charge in [0.2, 0.25) is 5.91 Å². The number of rotatable bonds is 5. The molecule has 1 aliphatic carbocycles. The zero-order valence-corrected chi connectivity index (χ0v) is 19.9. The van der Waals surface area contributed by atoms with Crippen LogP contribution < -0.4 is 0 Å². The van der Waals surface area contributed by atoms with Gasteiger partial charge in [0.25, 0.3) is 0 Å². The molecule has 33 heavy (non-hydrogen) atoms. The SMILES string of the molecule is O=C(N1CCN(Cc2cn3ccccc3n2)CC1)C1(S(=O)(=O)c2ccc(Cl)cc2)CCCC1. The second-order valence-electron chi connectivity index (χ2n) is 8.93. The number of hydrogen-bond acceptors (Lipinski definition) is 5. The third kappa shape index (κ3) is 4.05. The zero-order valence-electron chi connectivity index (χ0n) is 18.4. The molecule has 1 aliphatic heterocycles. The number of aromatic nitrogens is 2. The highest BCUT2D eigenvalue weighted by Crippen LogP contribution is 2.42. The highest BCUT2D eigenvalue weighted by molar-refractivity contribution is 7.93. The average molecular weight is 487 g/mol. The molecule has 2 aliphatic rings. The van der Waals surface area contributed by atoms with Crippen molar-refractivity contribution in [1.82, 2.24) is 19.2 Å². The fourth-order valence-electron chi connectivity index (χ4n) is 5.07. The van der Waals surface area contributed by atoms with E-state index in [1.807, 2.05) is 35.0 Å². The van der Waals surface area contributed by atoms with Crippen molar-refractivity contribution < 1.29 is 13.2 Å². The van der Waals surface area contributed by atoms with Gasteiger partial charge >= 0.3 is 0 Å². The van der Waals surface area contributed by atoms with E-state index in [-0.39, 0.29) is 10.8 Å². The molecule has 1 saturated heterocycles. The number of carbonyl (C=O) groups is 1. The first-order valence-electron chi connectivity index (χ1n) is 11.3. The molecule has 5 rings (SSSR count). The van der Waals surface area contributed by atoms with Gasteiger partial charge in [-0.05, 0) is 49.2 Å². The maximum absolute atomic E-state index is 13.7. The lowest BCUT2D eigenvalue weighted by Gasteiger charge is -2.39. The van der Waals surface area contributed by atoms with Gasteiger partial charge in [-0.25, -0.2) is 13.4 Å². The van der Waals surface area contributed by atoms with Crippen LogP contribution in [0.3, 0.4) is 0 Å². The Hall–Kier alpha value is -2.42. The number of pyridine rings is 1. The van der Waals surface area contributed by atoms with Crippen molar-refractivity contribution in [1.29, 1.82) is 0 Å². The Kier molecular flexibility index (Phi) is 5.93. The highest BCUT2D eigenvalue weighted by Gasteiger charge is 2.54. The Balaban J connectivity index is 1.30. The summed E-state index contributed by atoms with van der Waals surface area (Å²) in [7, 11) is -3.82. The first-order valence-corrected chi connectivity index (χ1v) is 13.2. The summed E-state index contributed by atoms with van der Waals surface area (Å²) in [6, 6.07) is 12.1. The van der Waals surface area contributed by atoms with Crippen LogP contribution in [0, 0.1) is 0 Å². The van der Waals surface area contributed by atoms with Gasteiger partial charge in [0, 0.05) is 50.1 Å². The van der Waals surface area contributed by atoms with Crippen molar-refractivity contribution in [2.24, 2.45) is 0 Å². The van der Waals surface area contributed by atoms with Gasteiger partial charge in [0.1, 0.15) is 5.65 Å². The molecular formula is C24H27ClN4O3S. The fraction of sp³-hybridized carbons (Fsp3) is 0.417. The number of benzene rings is 1. The lowest BCUT2D eigenvalue weighted by Crippen LogP contribution is -2.57. The van der Waals surface area contributed by atoms with Gasteiger partial charge < -0.3 is 9.30 Å². The van der Waals surface area contributed by atoms with Crippen molar-refractivity contribution in [2.75, 3.05) is 26.2 Å². The lowest BCUT2D eigenvalue weighted by molar-refractivity contribution is -0.135. The molecule has 0 radical (unpaired) electrons. The lowest BCUT2D eigenvalue weighted by atomic mass is 10.0. The van der Waals surface area contributed by atoms with E-state index in [2.05, 4.69) is 9.88 Å². The van der Waals surface area contributed by atoms with Crippen LogP contribution in [-0.4, -0.2) is 64.4 Å². The quantitative estimate of drug-likeness (QED) is 0.552. The van der Waals surface area contributed by atoms with Crippen LogP contribution in [0.4, 0.5) is 0 Å². The molecule has 0 atom stereocenters. The molecule has 7 nitrogen and oxygen atoms in total. The predicted molar refractivity (Wildman–Crippen MR) is 127 cm³/mol. The fourth-order valence-corrected chi connectivity index (χ4v) is 7.33. The van der Waals surface area contributed by atoms with Crippen LogP contribution in [0.1, 0.15) is 31.4 Å². The number of fused-ring (bicyclic) bond motifs is 1. The van der Waals surface area contributed by atoms with E-state index < -0.39 is 14.6 Å². The molecule has 0 unspecified atom stereocenters. The summed E-state index contributed by atoms with van der Waals surface area (Å²) in [5, 5.41) is 0.475. The molecule has 1 aromatic carbocycles. The van der Waals surface area contributed by atoms with Crippen molar-refractivity contribution in [3.8, 4) is 0 Å². The van der Waals surface area contributed by atoms with E-state index in [1.165, 1.54) is 12.1 Å². The first kappa shape index (κ1) is 22.4. The highest BCUT2D eigenvalue weighted by atomic mass is 35.5.